The minimum Gasteiger partial charge on any atom is -0.334 e. The number of carbonyl (C=O) groups excluding carboxylic acids is 1. The van der Waals surface area contributed by atoms with E-state index in [4.69, 9.17) is 5.26 Å². The topological polar surface area (TPSA) is 70.7 Å². The van der Waals surface area contributed by atoms with E-state index in [1.807, 2.05) is 16.8 Å². The summed E-state index contributed by atoms with van der Waals surface area (Å²) in [5.74, 6) is 0.972. The van der Waals surface area contributed by atoms with Gasteiger partial charge in [0.05, 0.1) is 11.6 Å². The third-order valence-electron chi connectivity index (χ3n) is 3.15. The van der Waals surface area contributed by atoms with Crippen molar-refractivity contribution in [1.82, 2.24) is 9.55 Å². The van der Waals surface area contributed by atoms with Crippen LogP contribution in [-0.2, 0) is 17.8 Å². The molecular formula is C16H18N4O. The minimum absolute atomic E-state index is 0.0455. The van der Waals surface area contributed by atoms with E-state index in [2.05, 4.69) is 17.2 Å². The molecule has 5 nitrogen and oxygen atoms in total. The molecule has 0 radical (unpaired) electrons. The Morgan fingerprint density at radius 1 is 1.38 bits per heavy atom. The zero-order valence-corrected chi connectivity index (χ0v) is 12.0. The summed E-state index contributed by atoms with van der Waals surface area (Å²) in [7, 11) is 0. The van der Waals surface area contributed by atoms with Crippen molar-refractivity contribution in [2.24, 2.45) is 0 Å². The number of benzene rings is 1. The molecule has 2 rings (SSSR count). The lowest BCUT2D eigenvalue weighted by Gasteiger charge is -2.08. The van der Waals surface area contributed by atoms with Crippen LogP contribution in [0.15, 0.2) is 36.7 Å². The van der Waals surface area contributed by atoms with Gasteiger partial charge in [0.25, 0.3) is 0 Å². The predicted molar refractivity (Wildman–Crippen MR) is 80.6 cm³/mol. The van der Waals surface area contributed by atoms with Crippen molar-refractivity contribution in [2.45, 2.75) is 32.7 Å². The summed E-state index contributed by atoms with van der Waals surface area (Å²) >= 11 is 0. The highest BCUT2D eigenvalue weighted by Crippen LogP contribution is 2.10. The van der Waals surface area contributed by atoms with Crippen LogP contribution in [0.5, 0.6) is 0 Å². The van der Waals surface area contributed by atoms with Gasteiger partial charge in [0.1, 0.15) is 5.82 Å². The van der Waals surface area contributed by atoms with Gasteiger partial charge >= 0.3 is 0 Å². The molecular weight excluding hydrogens is 264 g/mol. The lowest BCUT2D eigenvalue weighted by atomic mass is 10.2. The molecule has 1 aromatic carbocycles. The number of rotatable bonds is 6. The Labute approximate surface area is 124 Å². The van der Waals surface area contributed by atoms with Crippen LogP contribution in [0.25, 0.3) is 0 Å². The second-order valence-electron chi connectivity index (χ2n) is 4.77. The number of nitriles is 1. The third-order valence-corrected chi connectivity index (χ3v) is 3.15. The Balaban J connectivity index is 1.87. The Bertz CT molecular complexity index is 637. The van der Waals surface area contributed by atoms with Crippen LogP contribution in [0.4, 0.5) is 5.69 Å². The number of imidazole rings is 1. The number of nitrogens with one attached hydrogen (secondary N) is 1. The molecule has 0 fully saturated rings. The Kier molecular flexibility index (Phi) is 5.10. The second-order valence-corrected chi connectivity index (χ2v) is 4.77. The predicted octanol–water partition coefficient (Wildman–Crippen LogP) is 2.74. The maximum absolute atomic E-state index is 11.9. The molecule has 0 bridgehead atoms. The van der Waals surface area contributed by atoms with Crippen molar-refractivity contribution in [3.63, 3.8) is 0 Å². The van der Waals surface area contributed by atoms with E-state index in [0.29, 0.717) is 24.2 Å². The fourth-order valence-electron chi connectivity index (χ4n) is 2.07. The quantitative estimate of drug-likeness (QED) is 0.885. The van der Waals surface area contributed by atoms with Gasteiger partial charge in [-0.1, -0.05) is 6.92 Å². The summed E-state index contributed by atoms with van der Waals surface area (Å²) in [6, 6.07) is 8.88. The van der Waals surface area contributed by atoms with Gasteiger partial charge in [-0.2, -0.15) is 5.26 Å². The van der Waals surface area contributed by atoms with Crippen LogP contribution in [0.2, 0.25) is 0 Å². The highest BCUT2D eigenvalue weighted by atomic mass is 16.1. The van der Waals surface area contributed by atoms with Crippen LogP contribution in [-0.4, -0.2) is 15.5 Å². The number of hydrogen-bond acceptors (Lipinski definition) is 3. The molecule has 0 saturated heterocycles. The number of amides is 1. The normalized spacial score (nSPS) is 10.1. The summed E-state index contributed by atoms with van der Waals surface area (Å²) in [6.45, 7) is 2.73. The number of carbonyl (C=O) groups is 1. The molecule has 2 aromatic rings. The maximum Gasteiger partial charge on any atom is 0.226 e. The average Bonchev–Trinajstić information content (AvgIpc) is 2.94. The van der Waals surface area contributed by atoms with Crippen molar-refractivity contribution < 1.29 is 4.79 Å². The molecule has 0 saturated carbocycles. The zero-order chi connectivity index (χ0) is 15.1. The third kappa shape index (κ3) is 4.18. The summed E-state index contributed by atoms with van der Waals surface area (Å²) in [6.07, 6.45) is 6.02. The van der Waals surface area contributed by atoms with Crippen LogP contribution >= 0.6 is 0 Å². The van der Waals surface area contributed by atoms with Crippen molar-refractivity contribution in [1.29, 1.82) is 5.26 Å². The van der Waals surface area contributed by atoms with Crippen molar-refractivity contribution in [3.05, 3.63) is 48.0 Å². The van der Waals surface area contributed by atoms with Gasteiger partial charge in [0.15, 0.2) is 0 Å². The standard InChI is InChI=1S/C16H18N4O/c1-2-3-15-18-9-11-20(15)10-8-16(21)19-14-6-4-13(12-17)5-7-14/h4-7,9,11H,2-3,8,10H2,1H3,(H,19,21). The number of anilines is 1. The molecule has 0 unspecified atom stereocenters. The highest BCUT2D eigenvalue weighted by Gasteiger charge is 2.06. The molecule has 0 aliphatic carbocycles. The number of nitrogens with zero attached hydrogens (tertiary/aromatic N) is 3. The molecule has 0 aliphatic heterocycles. The van der Waals surface area contributed by atoms with E-state index in [1.54, 1.807) is 30.5 Å². The first-order valence-corrected chi connectivity index (χ1v) is 7.03. The van der Waals surface area contributed by atoms with Crippen LogP contribution in [0, 0.1) is 11.3 Å². The first-order valence-electron chi connectivity index (χ1n) is 7.03. The van der Waals surface area contributed by atoms with E-state index in [9.17, 15) is 4.79 Å². The van der Waals surface area contributed by atoms with E-state index in [0.717, 1.165) is 18.7 Å². The number of aryl methyl sites for hydroxylation is 2. The smallest absolute Gasteiger partial charge is 0.226 e. The Morgan fingerprint density at radius 3 is 2.81 bits per heavy atom. The first-order chi connectivity index (χ1) is 10.2. The van der Waals surface area contributed by atoms with Gasteiger partial charge in [-0.05, 0) is 30.7 Å². The van der Waals surface area contributed by atoms with Gasteiger partial charge in [-0.3, -0.25) is 4.79 Å². The Hall–Kier alpha value is -2.61. The zero-order valence-electron chi connectivity index (χ0n) is 12.0. The molecule has 0 spiro atoms. The molecule has 108 valence electrons. The van der Waals surface area contributed by atoms with E-state index in [1.165, 1.54) is 0 Å². The molecule has 1 N–H and O–H groups in total. The number of aromatic nitrogens is 2. The van der Waals surface area contributed by atoms with E-state index in [-0.39, 0.29) is 5.91 Å². The monoisotopic (exact) mass is 282 g/mol. The van der Waals surface area contributed by atoms with E-state index >= 15 is 0 Å². The summed E-state index contributed by atoms with van der Waals surface area (Å²) in [5, 5.41) is 11.5. The second kappa shape index (κ2) is 7.25. The van der Waals surface area contributed by atoms with Gasteiger partial charge < -0.3 is 9.88 Å². The number of hydrogen-bond donors (Lipinski definition) is 1. The fourth-order valence-corrected chi connectivity index (χ4v) is 2.07. The molecule has 21 heavy (non-hydrogen) atoms. The largest absolute Gasteiger partial charge is 0.334 e. The molecule has 5 heteroatoms. The maximum atomic E-state index is 11.9. The summed E-state index contributed by atoms with van der Waals surface area (Å²) in [4.78, 5) is 16.2. The average molecular weight is 282 g/mol. The van der Waals surface area contributed by atoms with Gasteiger partial charge in [-0.15, -0.1) is 0 Å². The molecule has 1 aromatic heterocycles. The van der Waals surface area contributed by atoms with Crippen molar-refractivity contribution in [3.8, 4) is 6.07 Å². The van der Waals surface area contributed by atoms with Crippen molar-refractivity contribution >= 4 is 11.6 Å². The van der Waals surface area contributed by atoms with Crippen LogP contribution < -0.4 is 5.32 Å². The highest BCUT2D eigenvalue weighted by molar-refractivity contribution is 5.90. The van der Waals surface area contributed by atoms with E-state index < -0.39 is 0 Å². The minimum atomic E-state index is -0.0455. The lowest BCUT2D eigenvalue weighted by molar-refractivity contribution is -0.116. The van der Waals surface area contributed by atoms with Gasteiger partial charge in [-0.25, -0.2) is 4.98 Å². The molecule has 0 aliphatic rings. The summed E-state index contributed by atoms with van der Waals surface area (Å²) < 4.78 is 2.02. The van der Waals surface area contributed by atoms with Gasteiger partial charge in [0.2, 0.25) is 5.91 Å². The Morgan fingerprint density at radius 2 is 2.14 bits per heavy atom. The van der Waals surface area contributed by atoms with Crippen LogP contribution in [0.3, 0.4) is 0 Å². The SMILES string of the molecule is CCCc1nccn1CCC(=O)Nc1ccc(C#N)cc1. The van der Waals surface area contributed by atoms with Crippen LogP contribution in [0.1, 0.15) is 31.2 Å². The molecule has 0 atom stereocenters. The molecule has 1 heterocycles. The fraction of sp³-hybridized carbons (Fsp3) is 0.312. The first kappa shape index (κ1) is 14.8. The van der Waals surface area contributed by atoms with Crippen molar-refractivity contribution in [2.75, 3.05) is 5.32 Å². The van der Waals surface area contributed by atoms with Gasteiger partial charge in [0, 0.05) is 37.5 Å². The molecule has 1 amide bonds. The summed E-state index contributed by atoms with van der Waals surface area (Å²) in [5.41, 5.74) is 1.29. The lowest BCUT2D eigenvalue weighted by Crippen LogP contribution is -2.15.